The summed E-state index contributed by atoms with van der Waals surface area (Å²) in [5.41, 5.74) is 6.84. The van der Waals surface area contributed by atoms with E-state index in [0.717, 1.165) is 31.5 Å². The average molecular weight is 299 g/mol. The predicted molar refractivity (Wildman–Crippen MR) is 83.1 cm³/mol. The van der Waals surface area contributed by atoms with E-state index in [9.17, 15) is 4.79 Å². The Morgan fingerprint density at radius 1 is 1.27 bits per heavy atom. The quantitative estimate of drug-likeness (QED) is 0.920. The number of aromatic nitrogens is 3. The standard InChI is InChI=1S/C16H21N5O/c17-10-15(13-4-2-1-3-5-13)16(22)20-8-6-14(7-9-20)21-12-18-11-19-21/h1-5,11-12,14-15H,6-10,17H2. The van der Waals surface area contributed by atoms with Crippen LogP contribution in [0.5, 0.6) is 0 Å². The number of likely N-dealkylation sites (tertiary alicyclic amines) is 1. The summed E-state index contributed by atoms with van der Waals surface area (Å²) < 4.78 is 1.89. The Kier molecular flexibility index (Phi) is 4.48. The van der Waals surface area contributed by atoms with Gasteiger partial charge in [-0.2, -0.15) is 5.10 Å². The van der Waals surface area contributed by atoms with Gasteiger partial charge in [0.25, 0.3) is 0 Å². The van der Waals surface area contributed by atoms with Crippen LogP contribution in [0.25, 0.3) is 0 Å². The van der Waals surface area contributed by atoms with Gasteiger partial charge in [0.2, 0.25) is 5.91 Å². The van der Waals surface area contributed by atoms with Gasteiger partial charge in [0.1, 0.15) is 12.7 Å². The van der Waals surface area contributed by atoms with E-state index in [1.165, 1.54) is 0 Å². The molecule has 1 fully saturated rings. The largest absolute Gasteiger partial charge is 0.342 e. The fourth-order valence-corrected chi connectivity index (χ4v) is 3.04. The number of amides is 1. The van der Waals surface area contributed by atoms with E-state index in [1.807, 2.05) is 39.9 Å². The highest BCUT2D eigenvalue weighted by atomic mass is 16.2. The molecular weight excluding hydrogens is 278 g/mol. The van der Waals surface area contributed by atoms with Crippen molar-refractivity contribution in [3.8, 4) is 0 Å². The molecule has 1 aromatic heterocycles. The number of carbonyl (C=O) groups is 1. The molecule has 3 rings (SSSR count). The van der Waals surface area contributed by atoms with Crippen LogP contribution in [0.3, 0.4) is 0 Å². The average Bonchev–Trinajstić information content (AvgIpc) is 3.11. The van der Waals surface area contributed by atoms with Crippen molar-refractivity contribution in [1.82, 2.24) is 19.7 Å². The molecule has 1 saturated heterocycles. The van der Waals surface area contributed by atoms with Gasteiger partial charge in [-0.05, 0) is 18.4 Å². The number of nitrogens with two attached hydrogens (primary N) is 1. The van der Waals surface area contributed by atoms with E-state index >= 15 is 0 Å². The summed E-state index contributed by atoms with van der Waals surface area (Å²) in [6, 6.07) is 10.1. The van der Waals surface area contributed by atoms with Gasteiger partial charge in [0.15, 0.2) is 0 Å². The van der Waals surface area contributed by atoms with Crippen LogP contribution in [0.1, 0.15) is 30.4 Å². The number of hydrogen-bond acceptors (Lipinski definition) is 4. The molecule has 6 heteroatoms. The van der Waals surface area contributed by atoms with Gasteiger partial charge in [-0.15, -0.1) is 0 Å². The second-order valence-electron chi connectivity index (χ2n) is 5.63. The van der Waals surface area contributed by atoms with Crippen LogP contribution in [0.2, 0.25) is 0 Å². The van der Waals surface area contributed by atoms with E-state index in [2.05, 4.69) is 10.1 Å². The van der Waals surface area contributed by atoms with Gasteiger partial charge in [-0.25, -0.2) is 9.67 Å². The van der Waals surface area contributed by atoms with Crippen LogP contribution in [-0.4, -0.2) is 45.2 Å². The molecule has 1 aliphatic heterocycles. The van der Waals surface area contributed by atoms with Gasteiger partial charge in [-0.1, -0.05) is 30.3 Å². The Morgan fingerprint density at radius 3 is 2.59 bits per heavy atom. The van der Waals surface area contributed by atoms with Crippen molar-refractivity contribution in [3.05, 3.63) is 48.5 Å². The van der Waals surface area contributed by atoms with Gasteiger partial charge in [-0.3, -0.25) is 4.79 Å². The molecule has 1 aliphatic rings. The first-order chi connectivity index (χ1) is 10.8. The molecule has 6 nitrogen and oxygen atoms in total. The minimum atomic E-state index is -0.246. The maximum absolute atomic E-state index is 12.7. The zero-order valence-electron chi connectivity index (χ0n) is 12.5. The Balaban J connectivity index is 1.64. The number of piperidine rings is 1. The third-order valence-electron chi connectivity index (χ3n) is 4.32. The minimum absolute atomic E-state index is 0.130. The molecule has 1 aromatic carbocycles. The summed E-state index contributed by atoms with van der Waals surface area (Å²) in [5.74, 6) is -0.116. The van der Waals surface area contributed by atoms with Crippen LogP contribution in [0, 0.1) is 0 Å². The van der Waals surface area contributed by atoms with Crippen molar-refractivity contribution in [2.24, 2.45) is 5.73 Å². The van der Waals surface area contributed by atoms with Crippen LogP contribution in [0.15, 0.2) is 43.0 Å². The van der Waals surface area contributed by atoms with Crippen LogP contribution < -0.4 is 5.73 Å². The van der Waals surface area contributed by atoms with E-state index in [0.29, 0.717) is 12.6 Å². The minimum Gasteiger partial charge on any atom is -0.342 e. The molecule has 116 valence electrons. The van der Waals surface area contributed by atoms with Crippen LogP contribution in [-0.2, 0) is 4.79 Å². The molecule has 22 heavy (non-hydrogen) atoms. The Bertz CT molecular complexity index is 590. The lowest BCUT2D eigenvalue weighted by Crippen LogP contribution is -2.43. The molecule has 2 heterocycles. The second-order valence-corrected chi connectivity index (χ2v) is 5.63. The first-order valence-electron chi connectivity index (χ1n) is 7.67. The predicted octanol–water partition coefficient (Wildman–Crippen LogP) is 1.18. The third-order valence-corrected chi connectivity index (χ3v) is 4.32. The van der Waals surface area contributed by atoms with E-state index in [1.54, 1.807) is 12.7 Å². The Morgan fingerprint density at radius 2 is 2.00 bits per heavy atom. The molecule has 0 aliphatic carbocycles. The highest BCUT2D eigenvalue weighted by molar-refractivity contribution is 5.84. The molecule has 1 amide bonds. The third kappa shape index (κ3) is 3.01. The monoisotopic (exact) mass is 299 g/mol. The number of carbonyl (C=O) groups excluding carboxylic acids is 1. The maximum Gasteiger partial charge on any atom is 0.231 e. The summed E-state index contributed by atoms with van der Waals surface area (Å²) in [7, 11) is 0. The van der Waals surface area contributed by atoms with E-state index < -0.39 is 0 Å². The zero-order chi connectivity index (χ0) is 15.4. The SMILES string of the molecule is NCC(C(=O)N1CCC(n2cncn2)CC1)c1ccccc1. The Hall–Kier alpha value is -2.21. The number of rotatable bonds is 4. The number of hydrogen-bond donors (Lipinski definition) is 1. The molecule has 0 spiro atoms. The van der Waals surface area contributed by atoms with E-state index in [4.69, 9.17) is 5.73 Å². The zero-order valence-corrected chi connectivity index (χ0v) is 12.5. The first-order valence-corrected chi connectivity index (χ1v) is 7.67. The maximum atomic E-state index is 12.7. The van der Waals surface area contributed by atoms with Crippen molar-refractivity contribution >= 4 is 5.91 Å². The summed E-state index contributed by atoms with van der Waals surface area (Å²) in [6.45, 7) is 1.82. The Labute approximate surface area is 129 Å². The molecule has 0 radical (unpaired) electrons. The summed E-state index contributed by atoms with van der Waals surface area (Å²) in [4.78, 5) is 18.7. The molecule has 1 atom stereocenters. The molecule has 0 saturated carbocycles. The highest BCUT2D eigenvalue weighted by Crippen LogP contribution is 2.24. The van der Waals surface area contributed by atoms with Crippen molar-refractivity contribution in [3.63, 3.8) is 0 Å². The fourth-order valence-electron chi connectivity index (χ4n) is 3.04. The molecule has 2 N–H and O–H groups in total. The van der Waals surface area contributed by atoms with Crippen LogP contribution in [0.4, 0.5) is 0 Å². The van der Waals surface area contributed by atoms with E-state index in [-0.39, 0.29) is 11.8 Å². The lowest BCUT2D eigenvalue weighted by Gasteiger charge is -2.34. The highest BCUT2D eigenvalue weighted by Gasteiger charge is 2.29. The fraction of sp³-hybridized carbons (Fsp3) is 0.438. The molecular formula is C16H21N5O. The molecule has 1 unspecified atom stereocenters. The van der Waals surface area contributed by atoms with Crippen molar-refractivity contribution in [2.45, 2.75) is 24.8 Å². The van der Waals surface area contributed by atoms with Crippen molar-refractivity contribution in [1.29, 1.82) is 0 Å². The summed E-state index contributed by atoms with van der Waals surface area (Å²) >= 11 is 0. The van der Waals surface area contributed by atoms with Crippen molar-refractivity contribution < 1.29 is 4.79 Å². The second kappa shape index (κ2) is 6.70. The van der Waals surface area contributed by atoms with Gasteiger partial charge in [0.05, 0.1) is 12.0 Å². The normalized spacial score (nSPS) is 17.4. The van der Waals surface area contributed by atoms with Gasteiger partial charge in [0, 0.05) is 19.6 Å². The molecule has 0 bridgehead atoms. The molecule has 2 aromatic rings. The number of nitrogens with zero attached hydrogens (tertiary/aromatic N) is 4. The smallest absolute Gasteiger partial charge is 0.231 e. The lowest BCUT2D eigenvalue weighted by molar-refractivity contribution is -0.134. The summed E-state index contributed by atoms with van der Waals surface area (Å²) in [6.07, 6.45) is 5.11. The number of benzene rings is 1. The lowest BCUT2D eigenvalue weighted by atomic mass is 9.96. The van der Waals surface area contributed by atoms with Crippen molar-refractivity contribution in [2.75, 3.05) is 19.6 Å². The van der Waals surface area contributed by atoms with Crippen LogP contribution >= 0.6 is 0 Å². The summed E-state index contributed by atoms with van der Waals surface area (Å²) in [5, 5.41) is 4.19. The first kappa shape index (κ1) is 14.7. The van der Waals surface area contributed by atoms with Gasteiger partial charge < -0.3 is 10.6 Å². The topological polar surface area (TPSA) is 77.0 Å². The van der Waals surface area contributed by atoms with Gasteiger partial charge >= 0.3 is 0 Å².